The Morgan fingerprint density at radius 3 is 2.45 bits per heavy atom. The van der Waals surface area contributed by atoms with Crippen molar-refractivity contribution in [2.75, 3.05) is 13.1 Å². The monoisotopic (exact) mass is 282 g/mol. The highest BCUT2D eigenvalue weighted by molar-refractivity contribution is 5.87. The topological polar surface area (TPSA) is 69.6 Å². The van der Waals surface area contributed by atoms with Gasteiger partial charge in [0.05, 0.1) is 6.10 Å². The van der Waals surface area contributed by atoms with Crippen molar-refractivity contribution in [3.8, 4) is 0 Å². The highest BCUT2D eigenvalue weighted by Gasteiger charge is 2.36. The smallest absolute Gasteiger partial charge is 0.245 e. The predicted octanol–water partition coefficient (Wildman–Crippen LogP) is 0.911. The van der Waals surface area contributed by atoms with E-state index in [2.05, 4.69) is 5.32 Å². The third-order valence-corrected chi connectivity index (χ3v) is 4.73. The molecule has 2 aliphatic rings. The molecule has 5 heteroatoms. The molecule has 2 N–H and O–H groups in total. The number of piperidine rings is 1. The second-order valence-electron chi connectivity index (χ2n) is 6.34. The third kappa shape index (κ3) is 3.51. The van der Waals surface area contributed by atoms with Crippen LogP contribution >= 0.6 is 0 Å². The minimum atomic E-state index is -0.450. The lowest BCUT2D eigenvalue weighted by Crippen LogP contribution is -2.55. The van der Waals surface area contributed by atoms with Gasteiger partial charge in [0.2, 0.25) is 11.8 Å². The molecule has 0 spiro atoms. The van der Waals surface area contributed by atoms with Gasteiger partial charge in [0.1, 0.15) is 6.04 Å². The molecule has 2 amide bonds. The first-order chi connectivity index (χ1) is 9.49. The summed E-state index contributed by atoms with van der Waals surface area (Å²) in [6.45, 7) is 4.54. The molecule has 0 aromatic carbocycles. The maximum atomic E-state index is 12.7. The molecule has 3 unspecified atom stereocenters. The standard InChI is InChI=1S/C15H26N2O3/c1-10-7-8-17(9-13(10)19)15(20)14(16-11(2)18)12-5-3-4-6-12/h10,12-14,19H,3-9H2,1-2H3,(H,16,18). The number of aliphatic hydroxyl groups is 1. The minimum Gasteiger partial charge on any atom is -0.391 e. The zero-order valence-electron chi connectivity index (χ0n) is 12.5. The molecule has 0 bridgehead atoms. The summed E-state index contributed by atoms with van der Waals surface area (Å²) in [4.78, 5) is 25.8. The van der Waals surface area contributed by atoms with Gasteiger partial charge in [0.15, 0.2) is 0 Å². The fraction of sp³-hybridized carbons (Fsp3) is 0.867. The Balaban J connectivity index is 2.03. The van der Waals surface area contributed by atoms with Gasteiger partial charge in [-0.3, -0.25) is 9.59 Å². The van der Waals surface area contributed by atoms with Crippen LogP contribution in [0.5, 0.6) is 0 Å². The van der Waals surface area contributed by atoms with E-state index < -0.39 is 12.1 Å². The van der Waals surface area contributed by atoms with Crippen molar-refractivity contribution in [1.82, 2.24) is 10.2 Å². The summed E-state index contributed by atoms with van der Waals surface area (Å²) >= 11 is 0. The number of β-amino-alcohol motifs (C(OH)–C–C–N with tert-alkyl or cyclic N) is 1. The van der Waals surface area contributed by atoms with Crippen molar-refractivity contribution < 1.29 is 14.7 Å². The van der Waals surface area contributed by atoms with E-state index in [1.165, 1.54) is 6.92 Å². The Kier molecular flexibility index (Phi) is 5.02. The first-order valence-electron chi connectivity index (χ1n) is 7.73. The van der Waals surface area contributed by atoms with Gasteiger partial charge in [0, 0.05) is 20.0 Å². The Bertz CT molecular complexity index is 366. The summed E-state index contributed by atoms with van der Waals surface area (Å²) in [5, 5.41) is 12.8. The number of rotatable bonds is 3. The molecule has 1 aliphatic heterocycles. The SMILES string of the molecule is CC(=O)NC(C(=O)N1CCC(C)C(O)C1)C1CCCC1. The van der Waals surface area contributed by atoms with E-state index in [0.29, 0.717) is 13.1 Å². The van der Waals surface area contributed by atoms with Crippen LogP contribution in [-0.2, 0) is 9.59 Å². The average Bonchev–Trinajstić information content (AvgIpc) is 2.92. The second-order valence-corrected chi connectivity index (χ2v) is 6.34. The van der Waals surface area contributed by atoms with Crippen molar-refractivity contribution in [3.05, 3.63) is 0 Å². The molecule has 0 aromatic rings. The molecule has 2 fully saturated rings. The number of aliphatic hydroxyl groups excluding tert-OH is 1. The highest BCUT2D eigenvalue weighted by Crippen LogP contribution is 2.29. The lowest BCUT2D eigenvalue weighted by Gasteiger charge is -2.37. The lowest BCUT2D eigenvalue weighted by molar-refractivity contribution is -0.141. The van der Waals surface area contributed by atoms with Crippen LogP contribution in [0.2, 0.25) is 0 Å². The van der Waals surface area contributed by atoms with Crippen LogP contribution in [-0.4, -0.2) is 47.1 Å². The van der Waals surface area contributed by atoms with Crippen LogP contribution in [0, 0.1) is 11.8 Å². The molecule has 114 valence electrons. The molecule has 0 aromatic heterocycles. The second kappa shape index (κ2) is 6.57. The van der Waals surface area contributed by atoms with Gasteiger partial charge < -0.3 is 15.3 Å². The van der Waals surface area contributed by atoms with E-state index >= 15 is 0 Å². The molecular weight excluding hydrogens is 256 g/mol. The van der Waals surface area contributed by atoms with Crippen LogP contribution < -0.4 is 5.32 Å². The molecule has 1 aliphatic carbocycles. The fourth-order valence-electron chi connectivity index (χ4n) is 3.34. The van der Waals surface area contributed by atoms with E-state index in [1.54, 1.807) is 4.90 Å². The molecule has 2 rings (SSSR count). The molecule has 1 heterocycles. The normalized spacial score (nSPS) is 29.2. The van der Waals surface area contributed by atoms with E-state index in [0.717, 1.165) is 32.1 Å². The molecular formula is C15H26N2O3. The van der Waals surface area contributed by atoms with Gasteiger partial charge in [-0.2, -0.15) is 0 Å². The largest absolute Gasteiger partial charge is 0.391 e. The zero-order chi connectivity index (χ0) is 14.7. The number of carbonyl (C=O) groups excluding carboxylic acids is 2. The summed E-state index contributed by atoms with van der Waals surface area (Å²) in [5.74, 6) is 0.326. The molecule has 1 saturated carbocycles. The van der Waals surface area contributed by atoms with E-state index in [4.69, 9.17) is 0 Å². The van der Waals surface area contributed by atoms with Crippen LogP contribution in [0.1, 0.15) is 46.0 Å². The van der Waals surface area contributed by atoms with Crippen LogP contribution in [0.25, 0.3) is 0 Å². The summed E-state index contributed by atoms with van der Waals surface area (Å²) in [6.07, 6.45) is 4.65. The lowest BCUT2D eigenvalue weighted by atomic mass is 9.92. The molecule has 3 atom stereocenters. The fourth-order valence-corrected chi connectivity index (χ4v) is 3.34. The number of carbonyl (C=O) groups is 2. The quantitative estimate of drug-likeness (QED) is 0.808. The molecule has 0 radical (unpaired) electrons. The van der Waals surface area contributed by atoms with E-state index in [9.17, 15) is 14.7 Å². The van der Waals surface area contributed by atoms with Gasteiger partial charge in [-0.05, 0) is 31.1 Å². The van der Waals surface area contributed by atoms with Gasteiger partial charge in [0.25, 0.3) is 0 Å². The van der Waals surface area contributed by atoms with Crippen molar-refractivity contribution in [1.29, 1.82) is 0 Å². The number of hydrogen-bond acceptors (Lipinski definition) is 3. The van der Waals surface area contributed by atoms with Crippen LogP contribution in [0.4, 0.5) is 0 Å². The third-order valence-electron chi connectivity index (χ3n) is 4.73. The van der Waals surface area contributed by atoms with Crippen molar-refractivity contribution in [2.24, 2.45) is 11.8 Å². The van der Waals surface area contributed by atoms with Crippen molar-refractivity contribution >= 4 is 11.8 Å². The van der Waals surface area contributed by atoms with E-state index in [-0.39, 0.29) is 23.7 Å². The Morgan fingerprint density at radius 2 is 1.90 bits per heavy atom. The minimum absolute atomic E-state index is 0.0157. The molecule has 5 nitrogen and oxygen atoms in total. The highest BCUT2D eigenvalue weighted by atomic mass is 16.3. The van der Waals surface area contributed by atoms with Gasteiger partial charge >= 0.3 is 0 Å². The van der Waals surface area contributed by atoms with Crippen molar-refractivity contribution in [3.63, 3.8) is 0 Å². The van der Waals surface area contributed by atoms with E-state index in [1.807, 2.05) is 6.92 Å². The van der Waals surface area contributed by atoms with Crippen LogP contribution in [0.3, 0.4) is 0 Å². The Labute approximate surface area is 120 Å². The summed E-state index contributed by atoms with van der Waals surface area (Å²) in [5.41, 5.74) is 0. The number of nitrogens with zero attached hydrogens (tertiary/aromatic N) is 1. The first kappa shape index (κ1) is 15.3. The Morgan fingerprint density at radius 1 is 1.25 bits per heavy atom. The van der Waals surface area contributed by atoms with Gasteiger partial charge in [-0.15, -0.1) is 0 Å². The maximum absolute atomic E-state index is 12.7. The average molecular weight is 282 g/mol. The van der Waals surface area contributed by atoms with Crippen LogP contribution in [0.15, 0.2) is 0 Å². The number of nitrogens with one attached hydrogen (secondary N) is 1. The Hall–Kier alpha value is -1.10. The maximum Gasteiger partial charge on any atom is 0.245 e. The first-order valence-corrected chi connectivity index (χ1v) is 7.73. The number of amides is 2. The zero-order valence-corrected chi connectivity index (χ0v) is 12.5. The number of hydrogen-bond donors (Lipinski definition) is 2. The van der Waals surface area contributed by atoms with Gasteiger partial charge in [-0.1, -0.05) is 19.8 Å². The summed E-state index contributed by atoms with van der Waals surface area (Å²) in [6, 6.07) is -0.407. The summed E-state index contributed by atoms with van der Waals surface area (Å²) < 4.78 is 0. The predicted molar refractivity (Wildman–Crippen MR) is 75.9 cm³/mol. The number of likely N-dealkylation sites (tertiary alicyclic amines) is 1. The van der Waals surface area contributed by atoms with Crippen molar-refractivity contribution in [2.45, 2.75) is 58.1 Å². The summed E-state index contributed by atoms with van der Waals surface area (Å²) in [7, 11) is 0. The van der Waals surface area contributed by atoms with Gasteiger partial charge in [-0.25, -0.2) is 0 Å². The molecule has 1 saturated heterocycles. The molecule has 20 heavy (non-hydrogen) atoms.